The van der Waals surface area contributed by atoms with Gasteiger partial charge in [-0.05, 0) is 6.07 Å². The first-order valence-electron chi connectivity index (χ1n) is 6.20. The standard InChI is InChI=1S/C14H10F3N5S/c1-2-6-23-13-20-11(14(15,16)17)7-12(21-13)22-19-9-10-4-3-5-18-8-10/h1,3-5,7-9H,6H2,(H,20,21,22)/b19-9+. The molecule has 0 radical (unpaired) electrons. The number of aromatic nitrogens is 3. The Morgan fingerprint density at radius 1 is 1.39 bits per heavy atom. The monoisotopic (exact) mass is 337 g/mol. The van der Waals surface area contributed by atoms with Crippen molar-refractivity contribution in [2.24, 2.45) is 5.10 Å². The van der Waals surface area contributed by atoms with Crippen molar-refractivity contribution in [2.75, 3.05) is 11.2 Å². The molecule has 23 heavy (non-hydrogen) atoms. The van der Waals surface area contributed by atoms with Crippen LogP contribution in [0.25, 0.3) is 0 Å². The van der Waals surface area contributed by atoms with Gasteiger partial charge in [0.25, 0.3) is 0 Å². The highest BCUT2D eigenvalue weighted by Gasteiger charge is 2.33. The molecule has 0 fully saturated rings. The van der Waals surface area contributed by atoms with Gasteiger partial charge >= 0.3 is 6.18 Å². The van der Waals surface area contributed by atoms with Gasteiger partial charge < -0.3 is 0 Å². The largest absolute Gasteiger partial charge is 0.433 e. The maximum absolute atomic E-state index is 12.8. The molecule has 2 heterocycles. The average molecular weight is 337 g/mol. The molecular weight excluding hydrogens is 327 g/mol. The number of pyridine rings is 1. The first kappa shape index (κ1) is 16.8. The number of hydrogen-bond acceptors (Lipinski definition) is 6. The quantitative estimate of drug-likeness (QED) is 0.299. The van der Waals surface area contributed by atoms with E-state index in [4.69, 9.17) is 6.42 Å². The maximum atomic E-state index is 12.8. The number of rotatable bonds is 5. The van der Waals surface area contributed by atoms with Crippen LogP contribution in [0.5, 0.6) is 0 Å². The van der Waals surface area contributed by atoms with Gasteiger partial charge in [-0.2, -0.15) is 18.3 Å². The fourth-order valence-corrected chi connectivity index (χ4v) is 1.96. The van der Waals surface area contributed by atoms with E-state index in [0.29, 0.717) is 5.56 Å². The molecule has 0 amide bonds. The van der Waals surface area contributed by atoms with Crippen LogP contribution < -0.4 is 5.43 Å². The predicted molar refractivity (Wildman–Crippen MR) is 82.0 cm³/mol. The van der Waals surface area contributed by atoms with Crippen molar-refractivity contribution < 1.29 is 13.2 Å². The molecule has 0 saturated carbocycles. The Labute approximate surface area is 134 Å². The van der Waals surface area contributed by atoms with Crippen molar-refractivity contribution in [2.45, 2.75) is 11.3 Å². The normalized spacial score (nSPS) is 11.4. The molecular formula is C14H10F3N5S. The number of terminal acetylenes is 1. The molecule has 1 N–H and O–H groups in total. The highest BCUT2D eigenvalue weighted by atomic mass is 32.2. The van der Waals surface area contributed by atoms with Crippen LogP contribution in [0.4, 0.5) is 19.0 Å². The number of hydrogen-bond donors (Lipinski definition) is 1. The van der Waals surface area contributed by atoms with Crippen LogP contribution >= 0.6 is 11.8 Å². The van der Waals surface area contributed by atoms with Crippen LogP contribution in [0.15, 0.2) is 40.9 Å². The predicted octanol–water partition coefficient (Wildman–Crippen LogP) is 3.06. The Kier molecular flexibility index (Phi) is 5.54. The van der Waals surface area contributed by atoms with Crippen molar-refractivity contribution in [1.29, 1.82) is 0 Å². The van der Waals surface area contributed by atoms with Gasteiger partial charge in [-0.3, -0.25) is 10.4 Å². The molecule has 5 nitrogen and oxygen atoms in total. The lowest BCUT2D eigenvalue weighted by molar-refractivity contribution is -0.141. The van der Waals surface area contributed by atoms with E-state index in [1.807, 2.05) is 0 Å². The average Bonchev–Trinajstić information content (AvgIpc) is 2.53. The summed E-state index contributed by atoms with van der Waals surface area (Å²) in [4.78, 5) is 11.3. The zero-order chi connectivity index (χ0) is 16.7. The van der Waals surface area contributed by atoms with Crippen molar-refractivity contribution >= 4 is 23.8 Å². The van der Waals surface area contributed by atoms with Crippen LogP contribution in [0.2, 0.25) is 0 Å². The third-order valence-electron chi connectivity index (χ3n) is 2.36. The molecule has 0 aliphatic rings. The Morgan fingerprint density at radius 2 is 2.22 bits per heavy atom. The van der Waals surface area contributed by atoms with Crippen LogP contribution in [-0.2, 0) is 6.18 Å². The Hall–Kier alpha value is -2.60. The van der Waals surface area contributed by atoms with Gasteiger partial charge in [0.1, 0.15) is 0 Å². The lowest BCUT2D eigenvalue weighted by atomic mass is 10.3. The Balaban J connectivity index is 2.19. The molecule has 118 valence electrons. The summed E-state index contributed by atoms with van der Waals surface area (Å²) >= 11 is 0.934. The lowest BCUT2D eigenvalue weighted by Gasteiger charge is -2.09. The number of nitrogens with zero attached hydrogens (tertiary/aromatic N) is 4. The first-order chi connectivity index (χ1) is 11.0. The highest BCUT2D eigenvalue weighted by molar-refractivity contribution is 7.99. The van der Waals surface area contributed by atoms with Crippen molar-refractivity contribution in [3.8, 4) is 12.3 Å². The number of nitrogens with one attached hydrogen (secondary N) is 1. The molecule has 0 atom stereocenters. The molecule has 0 aliphatic heterocycles. The third kappa shape index (κ3) is 5.27. The lowest BCUT2D eigenvalue weighted by Crippen LogP contribution is -2.10. The summed E-state index contributed by atoms with van der Waals surface area (Å²) in [5, 5.41) is 3.76. The Morgan fingerprint density at radius 3 is 2.87 bits per heavy atom. The van der Waals surface area contributed by atoms with Crippen LogP contribution in [0.3, 0.4) is 0 Å². The Bertz CT molecular complexity index is 725. The van der Waals surface area contributed by atoms with Gasteiger partial charge in [-0.1, -0.05) is 23.7 Å². The fourth-order valence-electron chi connectivity index (χ4n) is 1.42. The van der Waals surface area contributed by atoms with Gasteiger partial charge in [0.2, 0.25) is 0 Å². The number of alkyl halides is 3. The summed E-state index contributed by atoms with van der Waals surface area (Å²) in [6, 6.07) is 4.23. The molecule has 9 heteroatoms. The van der Waals surface area contributed by atoms with Crippen LogP contribution in [0, 0.1) is 12.3 Å². The maximum Gasteiger partial charge on any atom is 0.433 e. The van der Waals surface area contributed by atoms with Crippen molar-refractivity contribution in [3.63, 3.8) is 0 Å². The molecule has 2 rings (SSSR count). The minimum atomic E-state index is -4.59. The zero-order valence-corrected chi connectivity index (χ0v) is 12.4. The highest BCUT2D eigenvalue weighted by Crippen LogP contribution is 2.30. The summed E-state index contributed by atoms with van der Waals surface area (Å²) in [7, 11) is 0. The van der Waals surface area contributed by atoms with Crippen molar-refractivity contribution in [1.82, 2.24) is 15.0 Å². The number of hydrazone groups is 1. The van der Waals surface area contributed by atoms with Crippen LogP contribution in [-0.4, -0.2) is 26.9 Å². The van der Waals surface area contributed by atoms with Gasteiger partial charge in [-0.15, -0.1) is 6.42 Å². The zero-order valence-electron chi connectivity index (χ0n) is 11.6. The molecule has 0 unspecified atom stereocenters. The summed E-state index contributed by atoms with van der Waals surface area (Å²) < 4.78 is 38.5. The first-order valence-corrected chi connectivity index (χ1v) is 7.19. The molecule has 2 aromatic heterocycles. The van der Waals surface area contributed by atoms with E-state index in [2.05, 4.69) is 31.4 Å². The minimum absolute atomic E-state index is 0.0724. The summed E-state index contributed by atoms with van der Waals surface area (Å²) in [5.74, 6) is 2.39. The van der Waals surface area contributed by atoms with Gasteiger partial charge in [0, 0.05) is 24.0 Å². The van der Waals surface area contributed by atoms with Gasteiger partial charge in [-0.25, -0.2) is 9.97 Å². The second-order valence-corrected chi connectivity index (χ2v) is 5.01. The minimum Gasteiger partial charge on any atom is -0.264 e. The topological polar surface area (TPSA) is 63.1 Å². The number of anilines is 1. The SMILES string of the molecule is C#CCSc1nc(N/N=C/c2cccnc2)cc(C(F)(F)F)n1. The number of halogens is 3. The van der Waals surface area contributed by atoms with Crippen LogP contribution in [0.1, 0.15) is 11.3 Å². The molecule has 0 aromatic carbocycles. The molecule has 0 saturated heterocycles. The second-order valence-electron chi connectivity index (χ2n) is 4.07. The van der Waals surface area contributed by atoms with E-state index >= 15 is 0 Å². The van der Waals surface area contributed by atoms with Gasteiger partial charge in [0.05, 0.1) is 12.0 Å². The summed E-state index contributed by atoms with van der Waals surface area (Å²) in [5.41, 5.74) is 2.07. The number of thioether (sulfide) groups is 1. The molecule has 2 aromatic rings. The van der Waals surface area contributed by atoms with Gasteiger partial charge in [0.15, 0.2) is 16.7 Å². The third-order valence-corrected chi connectivity index (χ3v) is 3.11. The van der Waals surface area contributed by atoms with E-state index in [9.17, 15) is 13.2 Å². The summed E-state index contributed by atoms with van der Waals surface area (Å²) in [6.45, 7) is 0. The van der Waals surface area contributed by atoms with E-state index in [1.165, 1.54) is 6.21 Å². The molecule has 0 spiro atoms. The van der Waals surface area contributed by atoms with E-state index in [-0.39, 0.29) is 16.7 Å². The fraction of sp³-hybridized carbons (Fsp3) is 0.143. The van der Waals surface area contributed by atoms with E-state index in [0.717, 1.165) is 17.8 Å². The van der Waals surface area contributed by atoms with Crippen molar-refractivity contribution in [3.05, 3.63) is 41.9 Å². The van der Waals surface area contributed by atoms with E-state index < -0.39 is 11.9 Å². The second kappa shape index (κ2) is 7.60. The molecule has 0 aliphatic carbocycles. The molecule has 0 bridgehead atoms. The van der Waals surface area contributed by atoms with E-state index in [1.54, 1.807) is 24.5 Å². The smallest absolute Gasteiger partial charge is 0.264 e. The summed E-state index contributed by atoms with van der Waals surface area (Å²) in [6.07, 6.45) is 5.07.